The number of para-hydroxylation sites is 1. The molecule has 4 aromatic rings. The van der Waals surface area contributed by atoms with Crippen molar-refractivity contribution in [3.63, 3.8) is 0 Å². The lowest BCUT2D eigenvalue weighted by Gasteiger charge is -2.41. The quantitative estimate of drug-likeness (QED) is 0.225. The van der Waals surface area contributed by atoms with Gasteiger partial charge in [0.05, 0.1) is 25.9 Å². The van der Waals surface area contributed by atoms with Crippen LogP contribution >= 0.6 is 11.8 Å². The maximum absolute atomic E-state index is 9.51. The summed E-state index contributed by atoms with van der Waals surface area (Å²) in [5.74, 6) is 1.73. The Balaban J connectivity index is 1.41. The van der Waals surface area contributed by atoms with Crippen molar-refractivity contribution >= 4 is 11.8 Å². The van der Waals surface area contributed by atoms with Crippen LogP contribution in [0.4, 0.5) is 0 Å². The molecule has 0 bridgehead atoms. The van der Waals surface area contributed by atoms with Crippen molar-refractivity contribution < 1.29 is 19.3 Å². The Hall–Kier alpha value is -3.13. The number of thioether (sulfide) groups is 1. The van der Waals surface area contributed by atoms with E-state index in [0.29, 0.717) is 6.54 Å². The van der Waals surface area contributed by atoms with Gasteiger partial charge in [0, 0.05) is 28.7 Å². The van der Waals surface area contributed by atoms with E-state index in [2.05, 4.69) is 49.4 Å². The van der Waals surface area contributed by atoms with Gasteiger partial charge >= 0.3 is 0 Å². The van der Waals surface area contributed by atoms with Crippen LogP contribution in [0.25, 0.3) is 11.1 Å². The Bertz CT molecular complexity index is 1360. The second kappa shape index (κ2) is 12.8. The fraction of sp³-hybridized carbons (Fsp3) is 0.273. The molecular weight excluding hydrogens is 506 g/mol. The van der Waals surface area contributed by atoms with Crippen molar-refractivity contribution in [2.45, 2.75) is 43.5 Å². The van der Waals surface area contributed by atoms with Crippen molar-refractivity contribution in [1.82, 2.24) is 0 Å². The molecule has 5 nitrogen and oxygen atoms in total. The minimum Gasteiger partial charge on any atom is -0.496 e. The highest BCUT2D eigenvalue weighted by Gasteiger charge is 2.38. The van der Waals surface area contributed by atoms with Gasteiger partial charge in [0.1, 0.15) is 5.75 Å². The molecule has 1 fully saturated rings. The first-order valence-corrected chi connectivity index (χ1v) is 14.2. The molecule has 1 heterocycles. The number of nitrogens with two attached hydrogens (primary N) is 1. The SMILES string of the molecule is COc1ccccc1SC[C@@H]1O[C@H](c2ccc(-c3ccccc3CN)cc2)O[C@H](c2ccc(CO)cc2)[C@@H]1C. The third-order valence-electron chi connectivity index (χ3n) is 7.33. The van der Waals surface area contributed by atoms with E-state index in [1.54, 1.807) is 18.9 Å². The predicted molar refractivity (Wildman–Crippen MR) is 156 cm³/mol. The third-order valence-corrected chi connectivity index (χ3v) is 8.47. The lowest BCUT2D eigenvalue weighted by molar-refractivity contribution is -0.268. The minimum atomic E-state index is -0.509. The molecule has 0 aromatic heterocycles. The van der Waals surface area contributed by atoms with Crippen molar-refractivity contribution in [1.29, 1.82) is 0 Å². The zero-order valence-electron chi connectivity index (χ0n) is 22.3. The summed E-state index contributed by atoms with van der Waals surface area (Å²) >= 11 is 1.74. The van der Waals surface area contributed by atoms with Crippen molar-refractivity contribution in [3.05, 3.63) is 119 Å². The predicted octanol–water partition coefficient (Wildman–Crippen LogP) is 6.90. The molecule has 202 valence electrons. The van der Waals surface area contributed by atoms with Crippen molar-refractivity contribution in [3.8, 4) is 16.9 Å². The molecule has 0 amide bonds. The van der Waals surface area contributed by atoms with Crippen molar-refractivity contribution in [2.24, 2.45) is 11.7 Å². The van der Waals surface area contributed by atoms with Gasteiger partial charge in [0.25, 0.3) is 0 Å². The summed E-state index contributed by atoms with van der Waals surface area (Å²) in [4.78, 5) is 1.09. The summed E-state index contributed by atoms with van der Waals surface area (Å²) < 4.78 is 18.8. The van der Waals surface area contributed by atoms with Crippen LogP contribution < -0.4 is 10.5 Å². The second-order valence-corrected chi connectivity index (χ2v) is 10.8. The van der Waals surface area contributed by atoms with E-state index in [1.807, 2.05) is 54.6 Å². The van der Waals surface area contributed by atoms with Crippen LogP contribution in [0.2, 0.25) is 0 Å². The molecule has 0 aliphatic carbocycles. The summed E-state index contributed by atoms with van der Waals surface area (Å²) in [5.41, 5.74) is 12.3. The van der Waals surface area contributed by atoms with E-state index >= 15 is 0 Å². The fourth-order valence-electron chi connectivity index (χ4n) is 5.02. The highest BCUT2D eigenvalue weighted by atomic mass is 32.2. The van der Waals surface area contributed by atoms with E-state index in [9.17, 15) is 5.11 Å². The molecule has 6 heteroatoms. The molecule has 1 aliphatic rings. The van der Waals surface area contributed by atoms with Crippen LogP contribution in [-0.4, -0.2) is 24.1 Å². The lowest BCUT2D eigenvalue weighted by Crippen LogP contribution is -2.38. The summed E-state index contributed by atoms with van der Waals surface area (Å²) in [6.45, 7) is 2.69. The number of hydrogen-bond donors (Lipinski definition) is 2. The lowest BCUT2D eigenvalue weighted by atomic mass is 9.91. The number of benzene rings is 4. The Morgan fingerprint density at radius 1 is 0.846 bits per heavy atom. The normalized spacial score (nSPS) is 21.0. The molecule has 0 unspecified atom stereocenters. The van der Waals surface area contributed by atoms with Gasteiger partial charge in [-0.25, -0.2) is 0 Å². The fourth-order valence-corrected chi connectivity index (χ4v) is 6.21. The average Bonchev–Trinajstić information content (AvgIpc) is 3.01. The highest BCUT2D eigenvalue weighted by Crippen LogP contribution is 2.44. The largest absolute Gasteiger partial charge is 0.496 e. The van der Waals surface area contributed by atoms with Crippen LogP contribution in [0.15, 0.2) is 102 Å². The monoisotopic (exact) mass is 541 g/mol. The maximum atomic E-state index is 9.51. The summed E-state index contributed by atoms with van der Waals surface area (Å²) in [7, 11) is 1.70. The number of hydrogen-bond acceptors (Lipinski definition) is 6. The van der Waals surface area contributed by atoms with Gasteiger partial charge in [-0.2, -0.15) is 0 Å². The first-order valence-electron chi connectivity index (χ1n) is 13.3. The summed E-state index contributed by atoms with van der Waals surface area (Å²) in [5, 5.41) is 9.51. The van der Waals surface area contributed by atoms with Gasteiger partial charge < -0.3 is 25.1 Å². The number of aliphatic hydroxyl groups is 1. The minimum absolute atomic E-state index is 0.0188. The van der Waals surface area contributed by atoms with Crippen LogP contribution in [0.1, 0.15) is 41.6 Å². The Morgan fingerprint density at radius 2 is 1.54 bits per heavy atom. The molecule has 1 aliphatic heterocycles. The van der Waals surface area contributed by atoms with Gasteiger partial charge in [0.2, 0.25) is 0 Å². The maximum Gasteiger partial charge on any atom is 0.184 e. The van der Waals surface area contributed by atoms with Gasteiger partial charge in [-0.05, 0) is 39.9 Å². The molecule has 4 atom stereocenters. The Morgan fingerprint density at radius 3 is 2.26 bits per heavy atom. The first kappa shape index (κ1) is 27.4. The van der Waals surface area contributed by atoms with Gasteiger partial charge in [-0.1, -0.05) is 91.9 Å². The Kier molecular flexibility index (Phi) is 9.02. The summed E-state index contributed by atoms with van der Waals surface area (Å²) in [6, 6.07) is 32.7. The molecule has 39 heavy (non-hydrogen) atoms. The van der Waals surface area contributed by atoms with E-state index in [1.165, 1.54) is 0 Å². The number of methoxy groups -OCH3 is 1. The molecule has 0 saturated carbocycles. The first-order chi connectivity index (χ1) is 19.1. The smallest absolute Gasteiger partial charge is 0.184 e. The summed E-state index contributed by atoms with van der Waals surface area (Å²) in [6.07, 6.45) is -0.720. The van der Waals surface area contributed by atoms with E-state index < -0.39 is 6.29 Å². The average molecular weight is 542 g/mol. The molecule has 4 aromatic carbocycles. The van der Waals surface area contributed by atoms with Gasteiger partial charge in [-0.15, -0.1) is 11.8 Å². The van der Waals surface area contributed by atoms with E-state index in [4.69, 9.17) is 19.9 Å². The molecule has 0 radical (unpaired) electrons. The third kappa shape index (κ3) is 6.21. The van der Waals surface area contributed by atoms with E-state index in [0.717, 1.165) is 49.8 Å². The zero-order valence-corrected chi connectivity index (χ0v) is 23.1. The second-order valence-electron chi connectivity index (χ2n) is 9.77. The Labute approximate surface area is 234 Å². The molecule has 0 spiro atoms. The van der Waals surface area contributed by atoms with Crippen molar-refractivity contribution in [2.75, 3.05) is 12.9 Å². The molecule has 3 N–H and O–H groups in total. The van der Waals surface area contributed by atoms with Crippen LogP contribution in [-0.2, 0) is 22.6 Å². The number of aliphatic hydroxyl groups excluding tert-OH is 1. The van der Waals surface area contributed by atoms with Crippen LogP contribution in [0.3, 0.4) is 0 Å². The topological polar surface area (TPSA) is 73.9 Å². The van der Waals surface area contributed by atoms with Gasteiger partial charge in [0.15, 0.2) is 6.29 Å². The zero-order chi connectivity index (χ0) is 27.2. The molecule has 5 rings (SSSR count). The van der Waals surface area contributed by atoms with Gasteiger partial charge in [-0.3, -0.25) is 0 Å². The van der Waals surface area contributed by atoms with Crippen LogP contribution in [0.5, 0.6) is 5.75 Å². The van der Waals surface area contributed by atoms with E-state index in [-0.39, 0.29) is 24.7 Å². The highest BCUT2D eigenvalue weighted by molar-refractivity contribution is 7.99. The standard InChI is InChI=1S/C33H35NO4S/c1-22-30(21-39-31-10-6-5-9-29(31)36-2)37-33(38-32(22)25-13-11-23(20-35)12-14-25)26-17-15-24(16-18-26)28-8-4-3-7-27(28)19-34/h3-18,22,30,32-33,35H,19-21,34H2,1-2H3/t22-,30+,32+,33+/m1/s1. The number of rotatable bonds is 9. The number of ether oxygens (including phenoxy) is 3. The molecular formula is C33H35NO4S. The van der Waals surface area contributed by atoms with Crippen LogP contribution in [0, 0.1) is 5.92 Å². The molecule has 1 saturated heterocycles.